The maximum atomic E-state index is 11.0. The number of hydrogen-bond acceptors (Lipinski definition) is 6. The lowest BCUT2D eigenvalue weighted by molar-refractivity contribution is -0.124. The molecule has 148 valence electrons. The molecule has 1 aliphatic heterocycles. The van der Waals surface area contributed by atoms with Crippen molar-refractivity contribution in [1.82, 2.24) is 20.3 Å². The van der Waals surface area contributed by atoms with E-state index in [1.165, 1.54) is 23.2 Å². The molecule has 1 saturated heterocycles. The van der Waals surface area contributed by atoms with Gasteiger partial charge in [0.25, 0.3) is 5.91 Å². The molecule has 0 aliphatic carbocycles. The number of aromatic nitrogens is 2. The molecule has 1 aliphatic rings. The zero-order chi connectivity index (χ0) is 19.8. The van der Waals surface area contributed by atoms with Crippen molar-refractivity contribution in [3.05, 3.63) is 59.0 Å². The summed E-state index contributed by atoms with van der Waals surface area (Å²) in [7, 11) is 0. The van der Waals surface area contributed by atoms with Gasteiger partial charge in [-0.2, -0.15) is 0 Å². The molecule has 1 aromatic heterocycles. The molecule has 1 atom stereocenters. The second kappa shape index (κ2) is 10.2. The summed E-state index contributed by atoms with van der Waals surface area (Å²) in [5.41, 5.74) is 3.37. The molecule has 0 saturated carbocycles. The third-order valence-electron chi connectivity index (χ3n) is 4.67. The largest absolute Gasteiger partial charge is 0.365 e. The van der Waals surface area contributed by atoms with E-state index in [0.717, 1.165) is 43.9 Å². The second-order valence-corrected chi connectivity index (χ2v) is 7.23. The van der Waals surface area contributed by atoms with Crippen LogP contribution in [-0.2, 0) is 11.2 Å². The van der Waals surface area contributed by atoms with Crippen LogP contribution in [-0.4, -0.2) is 51.7 Å². The summed E-state index contributed by atoms with van der Waals surface area (Å²) >= 11 is 5.94. The average Bonchev–Trinajstić information content (AvgIpc) is 2.73. The lowest BCUT2D eigenvalue weighted by Gasteiger charge is -2.33. The molecular formula is C20H24ClN5O2. The van der Waals surface area contributed by atoms with E-state index in [1.807, 2.05) is 12.1 Å². The predicted molar refractivity (Wildman–Crippen MR) is 109 cm³/mol. The van der Waals surface area contributed by atoms with Crippen molar-refractivity contribution < 1.29 is 10.0 Å². The van der Waals surface area contributed by atoms with Gasteiger partial charge in [-0.25, -0.2) is 10.5 Å². The van der Waals surface area contributed by atoms with Crippen LogP contribution in [0.4, 0.5) is 5.82 Å². The topological polar surface area (TPSA) is 90.4 Å². The fourth-order valence-electron chi connectivity index (χ4n) is 3.22. The van der Waals surface area contributed by atoms with Gasteiger partial charge in [-0.3, -0.25) is 15.0 Å². The number of carbonyl (C=O) groups is 1. The molecule has 0 bridgehead atoms. The Morgan fingerprint density at radius 2 is 2.11 bits per heavy atom. The molecule has 1 fully saturated rings. The Bertz CT molecular complexity index is 795. The molecule has 3 rings (SSSR count). The number of carbonyl (C=O) groups excluding carboxylic acids is 1. The lowest BCUT2D eigenvalue weighted by Crippen LogP contribution is -2.43. The average molecular weight is 402 g/mol. The number of hydroxylamine groups is 1. The molecule has 0 unspecified atom stereocenters. The van der Waals surface area contributed by atoms with Crippen LogP contribution in [0.15, 0.2) is 42.7 Å². The van der Waals surface area contributed by atoms with Crippen LogP contribution in [0.5, 0.6) is 0 Å². The van der Waals surface area contributed by atoms with Gasteiger partial charge in [0.1, 0.15) is 5.82 Å². The summed E-state index contributed by atoms with van der Waals surface area (Å²) in [5, 5.41) is 12.7. The Morgan fingerprint density at radius 3 is 2.82 bits per heavy atom. The van der Waals surface area contributed by atoms with Crippen molar-refractivity contribution >= 4 is 29.4 Å². The summed E-state index contributed by atoms with van der Waals surface area (Å²) in [5.74, 6) is 0.109. The quantitative estimate of drug-likeness (QED) is 0.375. The first kappa shape index (κ1) is 20.3. The highest BCUT2D eigenvalue weighted by atomic mass is 35.5. The summed E-state index contributed by atoms with van der Waals surface area (Å²) < 4.78 is 0. The smallest absolute Gasteiger partial charge is 0.267 e. The minimum Gasteiger partial charge on any atom is -0.365 e. The number of piperidine rings is 1. The third kappa shape index (κ3) is 6.30. The van der Waals surface area contributed by atoms with E-state index < -0.39 is 5.91 Å². The number of likely N-dealkylation sites (tertiary alicyclic amines) is 1. The Morgan fingerprint density at radius 1 is 1.29 bits per heavy atom. The van der Waals surface area contributed by atoms with Crippen molar-refractivity contribution in [3.8, 4) is 0 Å². The molecule has 28 heavy (non-hydrogen) atoms. The zero-order valence-electron chi connectivity index (χ0n) is 15.5. The first-order valence-electron chi connectivity index (χ1n) is 9.30. The highest BCUT2D eigenvalue weighted by Gasteiger charge is 2.19. The number of halogens is 1. The maximum absolute atomic E-state index is 11.0. The molecule has 2 aromatic rings. The first-order valence-corrected chi connectivity index (χ1v) is 9.68. The molecular weight excluding hydrogens is 378 g/mol. The Balaban J connectivity index is 1.48. The molecule has 0 radical (unpaired) electrons. The van der Waals surface area contributed by atoms with Crippen molar-refractivity contribution in [2.45, 2.75) is 25.3 Å². The van der Waals surface area contributed by atoms with Crippen LogP contribution in [0.2, 0.25) is 5.02 Å². The molecule has 1 aromatic carbocycles. The zero-order valence-corrected chi connectivity index (χ0v) is 16.3. The summed E-state index contributed by atoms with van der Waals surface area (Å²) in [6.07, 6.45) is 9.17. The van der Waals surface area contributed by atoms with Gasteiger partial charge < -0.3 is 10.2 Å². The van der Waals surface area contributed by atoms with Gasteiger partial charge in [0.15, 0.2) is 0 Å². The summed E-state index contributed by atoms with van der Waals surface area (Å²) in [6, 6.07) is 8.36. The predicted octanol–water partition coefficient (Wildman–Crippen LogP) is 2.77. The van der Waals surface area contributed by atoms with Gasteiger partial charge in [0.05, 0.1) is 18.1 Å². The van der Waals surface area contributed by atoms with Crippen molar-refractivity contribution in [2.24, 2.45) is 0 Å². The number of amides is 1. The van der Waals surface area contributed by atoms with Crippen LogP contribution in [0.25, 0.3) is 6.08 Å². The van der Waals surface area contributed by atoms with Gasteiger partial charge >= 0.3 is 0 Å². The molecule has 0 spiro atoms. The molecule has 8 heteroatoms. The van der Waals surface area contributed by atoms with E-state index in [0.29, 0.717) is 17.6 Å². The number of hydrogen-bond donors (Lipinski definition) is 3. The number of benzene rings is 1. The van der Waals surface area contributed by atoms with Crippen LogP contribution < -0.4 is 10.8 Å². The molecule has 7 nitrogen and oxygen atoms in total. The summed E-state index contributed by atoms with van der Waals surface area (Å²) in [6.45, 7) is 3.09. The fraction of sp³-hybridized carbons (Fsp3) is 0.350. The minimum absolute atomic E-state index is 0.329. The van der Waals surface area contributed by atoms with E-state index in [2.05, 4.69) is 32.3 Å². The van der Waals surface area contributed by atoms with E-state index in [4.69, 9.17) is 16.8 Å². The van der Waals surface area contributed by atoms with Gasteiger partial charge in [-0.1, -0.05) is 23.7 Å². The third-order valence-corrected chi connectivity index (χ3v) is 4.93. The lowest BCUT2D eigenvalue weighted by atomic mass is 10.0. The van der Waals surface area contributed by atoms with Crippen molar-refractivity contribution in [1.29, 1.82) is 0 Å². The SMILES string of the molecule is O=C(/C=C/c1cnc(N[C@@H]2CCCN(CCc3ccc(Cl)cc3)C2)cn1)NO. The molecule has 1 amide bonds. The van der Waals surface area contributed by atoms with Crippen molar-refractivity contribution in [3.63, 3.8) is 0 Å². The van der Waals surface area contributed by atoms with Crippen LogP contribution in [0.1, 0.15) is 24.1 Å². The van der Waals surface area contributed by atoms with E-state index in [-0.39, 0.29) is 0 Å². The molecule has 2 heterocycles. The Labute approximate surface area is 169 Å². The van der Waals surface area contributed by atoms with Gasteiger partial charge in [0.2, 0.25) is 0 Å². The standard InChI is InChI=1S/C20H24ClN5O2/c21-16-5-3-15(4-6-16)9-11-26-10-1-2-18(14-26)24-19-13-22-17(12-23-19)7-8-20(27)25-28/h3-8,12-13,18,28H,1-2,9-11,14H2,(H,23,24)(H,25,27)/b8-7+/t18-/m1/s1. The van der Waals surface area contributed by atoms with Crippen LogP contribution in [0.3, 0.4) is 0 Å². The first-order chi connectivity index (χ1) is 13.6. The number of rotatable bonds is 7. The Hall–Kier alpha value is -2.48. The summed E-state index contributed by atoms with van der Waals surface area (Å²) in [4.78, 5) is 22.1. The van der Waals surface area contributed by atoms with E-state index in [1.54, 1.807) is 12.4 Å². The molecule has 3 N–H and O–H groups in total. The maximum Gasteiger partial charge on any atom is 0.267 e. The normalized spacial score (nSPS) is 17.6. The number of nitrogens with one attached hydrogen (secondary N) is 2. The van der Waals surface area contributed by atoms with Gasteiger partial charge in [-0.05, 0) is 49.6 Å². The van der Waals surface area contributed by atoms with E-state index in [9.17, 15) is 4.79 Å². The van der Waals surface area contributed by atoms with Crippen LogP contribution in [0, 0.1) is 0 Å². The van der Waals surface area contributed by atoms with E-state index >= 15 is 0 Å². The second-order valence-electron chi connectivity index (χ2n) is 6.80. The fourth-order valence-corrected chi connectivity index (χ4v) is 3.35. The van der Waals surface area contributed by atoms with Gasteiger partial charge in [0, 0.05) is 30.2 Å². The minimum atomic E-state index is -0.607. The van der Waals surface area contributed by atoms with Crippen molar-refractivity contribution in [2.75, 3.05) is 25.0 Å². The monoisotopic (exact) mass is 401 g/mol. The highest BCUT2D eigenvalue weighted by Crippen LogP contribution is 2.16. The Kier molecular flexibility index (Phi) is 7.36. The number of anilines is 1. The van der Waals surface area contributed by atoms with Gasteiger partial charge in [-0.15, -0.1) is 0 Å². The highest BCUT2D eigenvalue weighted by molar-refractivity contribution is 6.30. The van der Waals surface area contributed by atoms with Crippen LogP contribution >= 0.6 is 11.6 Å². The number of nitrogens with zero attached hydrogens (tertiary/aromatic N) is 3.